The van der Waals surface area contributed by atoms with Crippen molar-refractivity contribution in [3.63, 3.8) is 0 Å². The maximum Gasteiger partial charge on any atom is 0.272 e. The molecule has 0 fully saturated rings. The van der Waals surface area contributed by atoms with Gasteiger partial charge in [0.1, 0.15) is 5.75 Å². The van der Waals surface area contributed by atoms with E-state index in [1.807, 2.05) is 60.7 Å². The minimum atomic E-state index is -0.387. The summed E-state index contributed by atoms with van der Waals surface area (Å²) in [4.78, 5) is 28.4. The molecule has 0 aromatic heterocycles. The molecule has 3 aromatic rings. The number of hydrogen-bond donors (Lipinski definition) is 0. The highest BCUT2D eigenvalue weighted by molar-refractivity contribution is 8.03. The zero-order valence-electron chi connectivity index (χ0n) is 16.2. The summed E-state index contributed by atoms with van der Waals surface area (Å²) in [5.41, 5.74) is 2.50. The molecular formula is C24H18ClNO3S. The largest absolute Gasteiger partial charge is 0.495 e. The van der Waals surface area contributed by atoms with Crippen LogP contribution in [0.25, 0.3) is 5.57 Å². The molecule has 0 aliphatic carbocycles. The molecular weight excluding hydrogens is 418 g/mol. The number of hydrogen-bond acceptors (Lipinski definition) is 4. The van der Waals surface area contributed by atoms with Crippen molar-refractivity contribution in [3.8, 4) is 5.75 Å². The summed E-state index contributed by atoms with van der Waals surface area (Å²) in [5.74, 6) is 0.219. The molecule has 3 aromatic carbocycles. The summed E-state index contributed by atoms with van der Waals surface area (Å²) in [5, 5.41) is 0.415. The Balaban J connectivity index is 1.77. The Labute approximate surface area is 184 Å². The lowest BCUT2D eigenvalue weighted by molar-refractivity contribution is -0.119. The van der Waals surface area contributed by atoms with E-state index >= 15 is 0 Å². The summed E-state index contributed by atoms with van der Waals surface area (Å²) >= 11 is 7.52. The van der Waals surface area contributed by atoms with Crippen LogP contribution in [-0.4, -0.2) is 18.9 Å². The Kier molecular flexibility index (Phi) is 5.93. The fourth-order valence-corrected chi connectivity index (χ4v) is 4.52. The van der Waals surface area contributed by atoms with Crippen LogP contribution in [0, 0.1) is 0 Å². The predicted molar refractivity (Wildman–Crippen MR) is 122 cm³/mol. The number of carbonyl (C=O) groups is 2. The van der Waals surface area contributed by atoms with Gasteiger partial charge in [-0.15, -0.1) is 11.8 Å². The van der Waals surface area contributed by atoms with Crippen molar-refractivity contribution < 1.29 is 14.3 Å². The summed E-state index contributed by atoms with van der Waals surface area (Å²) in [6.07, 6.45) is 0. The Bertz CT molecular complexity index is 1130. The maximum atomic E-state index is 13.5. The number of amides is 2. The van der Waals surface area contributed by atoms with E-state index in [9.17, 15) is 9.59 Å². The van der Waals surface area contributed by atoms with E-state index in [-0.39, 0.29) is 11.8 Å². The fourth-order valence-electron chi connectivity index (χ4n) is 3.29. The van der Waals surface area contributed by atoms with Crippen molar-refractivity contribution in [1.29, 1.82) is 0 Å². The zero-order valence-corrected chi connectivity index (χ0v) is 17.7. The number of benzene rings is 3. The number of thioether (sulfide) groups is 1. The van der Waals surface area contributed by atoms with Crippen LogP contribution in [0.3, 0.4) is 0 Å². The molecule has 0 unspecified atom stereocenters. The van der Waals surface area contributed by atoms with E-state index in [4.69, 9.17) is 16.3 Å². The lowest BCUT2D eigenvalue weighted by Crippen LogP contribution is -2.31. The highest BCUT2D eigenvalue weighted by atomic mass is 35.5. The van der Waals surface area contributed by atoms with Gasteiger partial charge < -0.3 is 4.74 Å². The first-order chi connectivity index (χ1) is 14.6. The summed E-state index contributed by atoms with van der Waals surface area (Å²) < 4.78 is 5.38. The number of halogens is 1. The topological polar surface area (TPSA) is 46.6 Å². The standard InChI is InChI=1S/C24H18ClNO3S/c1-29-20-13-12-18(25)14-19(20)26-23(27)21(17-10-6-3-7-11-17)22(24(26)28)30-15-16-8-4-2-5-9-16/h2-14H,15H2,1H3. The quantitative estimate of drug-likeness (QED) is 0.475. The second-order valence-corrected chi connectivity index (χ2v) is 8.03. The summed E-state index contributed by atoms with van der Waals surface area (Å²) in [6.45, 7) is 0. The van der Waals surface area contributed by atoms with Gasteiger partial charge in [-0.3, -0.25) is 9.59 Å². The molecule has 0 saturated carbocycles. The maximum absolute atomic E-state index is 13.5. The van der Waals surface area contributed by atoms with Gasteiger partial charge in [0.2, 0.25) is 0 Å². The van der Waals surface area contributed by atoms with Gasteiger partial charge in [0.05, 0.1) is 23.3 Å². The number of imide groups is 1. The molecule has 150 valence electrons. The van der Waals surface area contributed by atoms with Crippen LogP contribution in [0.5, 0.6) is 5.75 Å². The number of rotatable bonds is 6. The van der Waals surface area contributed by atoms with Gasteiger partial charge >= 0.3 is 0 Å². The number of methoxy groups -OCH3 is 1. The van der Waals surface area contributed by atoms with Crippen molar-refractivity contribution in [1.82, 2.24) is 0 Å². The summed E-state index contributed by atoms with van der Waals surface area (Å²) in [7, 11) is 1.49. The van der Waals surface area contributed by atoms with E-state index in [1.165, 1.54) is 18.9 Å². The molecule has 0 spiro atoms. The highest BCUT2D eigenvalue weighted by Gasteiger charge is 2.41. The first kappa shape index (κ1) is 20.3. The van der Waals surface area contributed by atoms with E-state index in [0.29, 0.717) is 38.3 Å². The number of nitrogens with zero attached hydrogens (tertiary/aromatic N) is 1. The van der Waals surface area contributed by atoms with Crippen molar-refractivity contribution >= 4 is 46.4 Å². The number of anilines is 1. The third-order valence-corrected chi connectivity index (χ3v) is 6.09. The van der Waals surface area contributed by atoms with E-state index in [0.717, 1.165) is 10.5 Å². The third kappa shape index (κ3) is 3.86. The van der Waals surface area contributed by atoms with Crippen LogP contribution in [0.15, 0.2) is 83.8 Å². The molecule has 0 N–H and O–H groups in total. The predicted octanol–water partition coefficient (Wildman–Crippen LogP) is 5.57. The molecule has 1 heterocycles. The Hall–Kier alpha value is -3.02. The van der Waals surface area contributed by atoms with Gasteiger partial charge in [-0.1, -0.05) is 72.3 Å². The van der Waals surface area contributed by atoms with Gasteiger partial charge in [-0.05, 0) is 29.3 Å². The van der Waals surface area contributed by atoms with Gasteiger partial charge in [-0.25, -0.2) is 4.90 Å². The first-order valence-corrected chi connectivity index (χ1v) is 10.6. The molecule has 1 aliphatic rings. The van der Waals surface area contributed by atoms with Crippen LogP contribution in [-0.2, 0) is 15.3 Å². The zero-order chi connectivity index (χ0) is 21.1. The lowest BCUT2D eigenvalue weighted by Gasteiger charge is -2.18. The summed E-state index contributed by atoms with van der Waals surface area (Å²) in [6, 6.07) is 24.0. The van der Waals surface area contributed by atoms with Crippen molar-refractivity contribution in [2.75, 3.05) is 12.0 Å². The molecule has 30 heavy (non-hydrogen) atoms. The highest BCUT2D eigenvalue weighted by Crippen LogP contribution is 2.42. The average molecular weight is 436 g/mol. The molecule has 1 aliphatic heterocycles. The second kappa shape index (κ2) is 8.78. The minimum Gasteiger partial charge on any atom is -0.495 e. The third-order valence-electron chi connectivity index (χ3n) is 4.71. The molecule has 0 atom stereocenters. The van der Waals surface area contributed by atoms with Gasteiger partial charge in [0.25, 0.3) is 11.8 Å². The van der Waals surface area contributed by atoms with Crippen LogP contribution in [0.2, 0.25) is 5.02 Å². The Morgan fingerprint density at radius 2 is 1.57 bits per heavy atom. The molecule has 4 rings (SSSR count). The van der Waals surface area contributed by atoms with E-state index in [2.05, 4.69) is 0 Å². The monoisotopic (exact) mass is 435 g/mol. The first-order valence-electron chi connectivity index (χ1n) is 9.29. The van der Waals surface area contributed by atoms with E-state index in [1.54, 1.807) is 18.2 Å². The van der Waals surface area contributed by atoms with E-state index < -0.39 is 0 Å². The minimum absolute atomic E-state index is 0.337. The van der Waals surface area contributed by atoms with Gasteiger partial charge in [0, 0.05) is 10.8 Å². The molecule has 0 saturated heterocycles. The smallest absolute Gasteiger partial charge is 0.272 e. The lowest BCUT2D eigenvalue weighted by atomic mass is 10.1. The van der Waals surface area contributed by atoms with Gasteiger partial charge in [-0.2, -0.15) is 0 Å². The second-order valence-electron chi connectivity index (χ2n) is 6.61. The Morgan fingerprint density at radius 3 is 2.23 bits per heavy atom. The SMILES string of the molecule is COc1ccc(Cl)cc1N1C(=O)C(SCc2ccccc2)=C(c2ccccc2)C1=O. The van der Waals surface area contributed by atoms with Crippen molar-refractivity contribution in [2.45, 2.75) is 5.75 Å². The van der Waals surface area contributed by atoms with Crippen LogP contribution in [0.4, 0.5) is 5.69 Å². The van der Waals surface area contributed by atoms with Crippen LogP contribution < -0.4 is 9.64 Å². The number of ether oxygens (including phenoxy) is 1. The van der Waals surface area contributed by atoms with Crippen LogP contribution in [0.1, 0.15) is 11.1 Å². The molecule has 6 heteroatoms. The molecule has 0 radical (unpaired) electrons. The average Bonchev–Trinajstić information content (AvgIpc) is 3.02. The number of carbonyl (C=O) groups excluding carboxylic acids is 2. The molecule has 0 bridgehead atoms. The van der Waals surface area contributed by atoms with Crippen molar-refractivity contribution in [3.05, 3.63) is 99.9 Å². The Morgan fingerprint density at radius 1 is 0.900 bits per heavy atom. The molecule has 2 amide bonds. The normalized spacial score (nSPS) is 13.9. The van der Waals surface area contributed by atoms with Gasteiger partial charge in [0.15, 0.2) is 0 Å². The van der Waals surface area contributed by atoms with Crippen molar-refractivity contribution in [2.24, 2.45) is 0 Å². The fraction of sp³-hybridized carbons (Fsp3) is 0.0833. The van der Waals surface area contributed by atoms with Crippen LogP contribution >= 0.6 is 23.4 Å². The molecule has 4 nitrogen and oxygen atoms in total.